The maximum Gasteiger partial charge on any atom is 0.329 e. The number of aliphatic carboxylic acids is 2. The number of hydrogen-bond acceptors (Lipinski definition) is 4. The largest absolute Gasteiger partial charge is 0.481 e. The number of likely N-dealkylation sites (tertiary alicyclic amines) is 1. The Morgan fingerprint density at radius 2 is 1.78 bits per heavy atom. The second kappa shape index (κ2) is 8.39. The second-order valence-corrected chi connectivity index (χ2v) is 9.72. The molecule has 2 N–H and O–H groups in total. The molecule has 1 aliphatic rings. The Kier molecular flexibility index (Phi) is 5.77. The van der Waals surface area contributed by atoms with Crippen molar-refractivity contribution in [2.75, 3.05) is 0 Å². The minimum atomic E-state index is -1.61. The molecule has 1 amide bonds. The Balaban J connectivity index is 1.96. The Morgan fingerprint density at radius 3 is 2.41 bits per heavy atom. The first-order chi connectivity index (χ1) is 15.3. The molecule has 0 saturated carbocycles. The van der Waals surface area contributed by atoms with Gasteiger partial charge in [-0.15, -0.1) is 11.3 Å². The van der Waals surface area contributed by atoms with E-state index in [1.807, 2.05) is 49.6 Å². The SMILES string of the molecule is CC(C)CC1(C(=O)O)CC(C(=O)O)C(c2cccs2)N1C(=O)c1cccc2ccccc12. The molecule has 0 bridgehead atoms. The van der Waals surface area contributed by atoms with Gasteiger partial charge in [-0.3, -0.25) is 9.59 Å². The Morgan fingerprint density at radius 1 is 1.06 bits per heavy atom. The Hall–Kier alpha value is -3.19. The molecule has 3 unspecified atom stereocenters. The average molecular weight is 452 g/mol. The van der Waals surface area contributed by atoms with Gasteiger partial charge in [-0.05, 0) is 47.0 Å². The van der Waals surface area contributed by atoms with Crippen LogP contribution in [0.4, 0.5) is 0 Å². The van der Waals surface area contributed by atoms with Crippen LogP contribution in [0.15, 0.2) is 60.0 Å². The monoisotopic (exact) mass is 451 g/mol. The molecule has 166 valence electrons. The van der Waals surface area contributed by atoms with Crippen molar-refractivity contribution in [3.8, 4) is 0 Å². The van der Waals surface area contributed by atoms with Gasteiger partial charge in [0.25, 0.3) is 5.91 Å². The number of carboxylic acid groups (broad SMARTS) is 2. The van der Waals surface area contributed by atoms with E-state index in [1.165, 1.54) is 16.2 Å². The first-order valence-electron chi connectivity index (χ1n) is 10.6. The molecule has 4 rings (SSSR count). The third-order valence-corrected chi connectivity index (χ3v) is 7.16. The molecule has 0 aliphatic carbocycles. The van der Waals surface area contributed by atoms with Gasteiger partial charge < -0.3 is 15.1 Å². The normalized spacial score (nSPS) is 23.0. The van der Waals surface area contributed by atoms with E-state index in [9.17, 15) is 24.6 Å². The number of carbonyl (C=O) groups excluding carboxylic acids is 1. The van der Waals surface area contributed by atoms with Crippen LogP contribution >= 0.6 is 11.3 Å². The molecule has 32 heavy (non-hydrogen) atoms. The average Bonchev–Trinajstić information content (AvgIpc) is 3.39. The zero-order chi connectivity index (χ0) is 23.0. The van der Waals surface area contributed by atoms with Gasteiger partial charge >= 0.3 is 11.9 Å². The number of carbonyl (C=O) groups is 3. The van der Waals surface area contributed by atoms with E-state index in [4.69, 9.17) is 0 Å². The van der Waals surface area contributed by atoms with E-state index in [-0.39, 0.29) is 18.8 Å². The zero-order valence-corrected chi connectivity index (χ0v) is 18.7. The van der Waals surface area contributed by atoms with Crippen molar-refractivity contribution in [1.29, 1.82) is 0 Å². The maximum absolute atomic E-state index is 14.1. The molecule has 2 heterocycles. The fourth-order valence-corrected chi connectivity index (χ4v) is 5.91. The first kappa shape index (κ1) is 22.0. The molecule has 1 fully saturated rings. The smallest absolute Gasteiger partial charge is 0.329 e. The van der Waals surface area contributed by atoms with Gasteiger partial charge in [0.2, 0.25) is 0 Å². The number of nitrogens with zero attached hydrogens (tertiary/aromatic N) is 1. The summed E-state index contributed by atoms with van der Waals surface area (Å²) in [6.07, 6.45) is 0.0411. The summed E-state index contributed by atoms with van der Waals surface area (Å²) in [7, 11) is 0. The quantitative estimate of drug-likeness (QED) is 0.546. The number of fused-ring (bicyclic) bond motifs is 1. The molecule has 6 nitrogen and oxygen atoms in total. The molecular formula is C25H25NO5S. The summed E-state index contributed by atoms with van der Waals surface area (Å²) in [5, 5.41) is 23.9. The van der Waals surface area contributed by atoms with Crippen molar-refractivity contribution < 1.29 is 24.6 Å². The lowest BCUT2D eigenvalue weighted by molar-refractivity contribution is -0.150. The molecule has 0 radical (unpaired) electrons. The number of amides is 1. The van der Waals surface area contributed by atoms with E-state index >= 15 is 0 Å². The van der Waals surface area contributed by atoms with Crippen molar-refractivity contribution in [2.24, 2.45) is 11.8 Å². The third kappa shape index (κ3) is 3.56. The summed E-state index contributed by atoms with van der Waals surface area (Å²) in [6.45, 7) is 3.78. The van der Waals surface area contributed by atoms with Gasteiger partial charge in [0.15, 0.2) is 0 Å². The minimum absolute atomic E-state index is 0.0505. The van der Waals surface area contributed by atoms with Gasteiger partial charge in [-0.25, -0.2) is 4.79 Å². The zero-order valence-electron chi connectivity index (χ0n) is 17.9. The highest BCUT2D eigenvalue weighted by atomic mass is 32.1. The van der Waals surface area contributed by atoms with E-state index in [2.05, 4.69) is 0 Å². The summed E-state index contributed by atoms with van der Waals surface area (Å²) in [4.78, 5) is 41.2. The molecule has 2 aromatic carbocycles. The maximum atomic E-state index is 14.1. The number of benzene rings is 2. The summed E-state index contributed by atoms with van der Waals surface area (Å²) < 4.78 is 0. The lowest BCUT2D eigenvalue weighted by Crippen LogP contribution is -2.54. The molecule has 7 heteroatoms. The fourth-order valence-electron chi connectivity index (χ4n) is 5.02. The molecule has 3 atom stereocenters. The predicted molar refractivity (Wildman–Crippen MR) is 123 cm³/mol. The molecular weight excluding hydrogens is 426 g/mol. The van der Waals surface area contributed by atoms with Crippen LogP contribution in [0.2, 0.25) is 0 Å². The van der Waals surface area contributed by atoms with Crippen LogP contribution in [-0.2, 0) is 9.59 Å². The van der Waals surface area contributed by atoms with E-state index in [0.717, 1.165) is 5.39 Å². The molecule has 1 saturated heterocycles. The van der Waals surface area contributed by atoms with Gasteiger partial charge in [-0.1, -0.05) is 56.3 Å². The lowest BCUT2D eigenvalue weighted by Gasteiger charge is -2.39. The topological polar surface area (TPSA) is 94.9 Å². The number of rotatable bonds is 6. The van der Waals surface area contributed by atoms with Crippen molar-refractivity contribution >= 4 is 40.0 Å². The standard InChI is InChI=1S/C25H25NO5S/c1-15(2)13-25(24(30)31)14-19(23(28)29)21(20-11-6-12-32-20)26(25)22(27)18-10-5-8-16-7-3-4-9-17(16)18/h3-12,15,19,21H,13-14H2,1-2H3,(H,28,29)(H,30,31). The van der Waals surface area contributed by atoms with Crippen molar-refractivity contribution in [3.63, 3.8) is 0 Å². The van der Waals surface area contributed by atoms with Gasteiger partial charge in [-0.2, -0.15) is 0 Å². The number of thiophene rings is 1. The van der Waals surface area contributed by atoms with E-state index in [0.29, 0.717) is 15.8 Å². The van der Waals surface area contributed by atoms with Gasteiger partial charge in [0, 0.05) is 10.4 Å². The summed E-state index contributed by atoms with van der Waals surface area (Å²) in [5.74, 6) is -3.77. The van der Waals surface area contributed by atoms with Crippen LogP contribution in [0.5, 0.6) is 0 Å². The van der Waals surface area contributed by atoms with Crippen LogP contribution in [-0.4, -0.2) is 38.5 Å². The van der Waals surface area contributed by atoms with Crippen molar-refractivity contribution in [1.82, 2.24) is 4.90 Å². The number of carboxylic acids is 2. The second-order valence-electron chi connectivity index (χ2n) is 8.75. The van der Waals surface area contributed by atoms with Crippen LogP contribution in [0, 0.1) is 11.8 Å². The Bertz CT molecular complexity index is 1170. The predicted octanol–water partition coefficient (Wildman–Crippen LogP) is 5.06. The summed E-state index contributed by atoms with van der Waals surface area (Å²) in [6, 6.07) is 15.5. The lowest BCUT2D eigenvalue weighted by atomic mass is 9.83. The van der Waals surface area contributed by atoms with Gasteiger partial charge in [0.1, 0.15) is 5.54 Å². The first-order valence-corrected chi connectivity index (χ1v) is 11.5. The van der Waals surface area contributed by atoms with Crippen LogP contribution in [0.3, 0.4) is 0 Å². The highest BCUT2D eigenvalue weighted by Gasteiger charge is 2.61. The minimum Gasteiger partial charge on any atom is -0.481 e. The molecule has 3 aromatic rings. The fraction of sp³-hybridized carbons (Fsp3) is 0.320. The molecule has 1 aliphatic heterocycles. The van der Waals surface area contributed by atoms with E-state index < -0.39 is 35.3 Å². The van der Waals surface area contributed by atoms with Gasteiger partial charge in [0.05, 0.1) is 12.0 Å². The highest BCUT2D eigenvalue weighted by Crippen LogP contribution is 2.51. The number of hydrogen-bond donors (Lipinski definition) is 2. The van der Waals surface area contributed by atoms with E-state index in [1.54, 1.807) is 24.3 Å². The summed E-state index contributed by atoms with van der Waals surface area (Å²) >= 11 is 1.34. The van der Waals surface area contributed by atoms with Crippen LogP contribution in [0.25, 0.3) is 10.8 Å². The summed E-state index contributed by atoms with van der Waals surface area (Å²) in [5.41, 5.74) is -1.23. The molecule has 0 spiro atoms. The van der Waals surface area contributed by atoms with Crippen molar-refractivity contribution in [3.05, 3.63) is 70.4 Å². The van der Waals surface area contributed by atoms with Crippen LogP contribution < -0.4 is 0 Å². The van der Waals surface area contributed by atoms with Crippen LogP contribution in [0.1, 0.15) is 48.0 Å². The Labute approximate surface area is 190 Å². The van der Waals surface area contributed by atoms with Crippen molar-refractivity contribution in [2.45, 2.75) is 38.3 Å². The highest BCUT2D eigenvalue weighted by molar-refractivity contribution is 7.10. The molecule has 1 aromatic heterocycles. The third-order valence-electron chi connectivity index (χ3n) is 6.21.